The Labute approximate surface area is 119 Å². The third kappa shape index (κ3) is 2.85. The van der Waals surface area contributed by atoms with Gasteiger partial charge in [-0.1, -0.05) is 24.6 Å². The maximum absolute atomic E-state index is 6.38. The van der Waals surface area contributed by atoms with Crippen LogP contribution in [0.3, 0.4) is 0 Å². The molecule has 1 heterocycles. The SMILES string of the molecule is CCc1ccc(C(NC)c2cc(C)c(C)cc2Cl)o1. The van der Waals surface area contributed by atoms with Crippen molar-refractivity contribution in [3.05, 3.63) is 57.5 Å². The van der Waals surface area contributed by atoms with Crippen molar-refractivity contribution in [3.63, 3.8) is 0 Å². The van der Waals surface area contributed by atoms with Crippen LogP contribution in [0.2, 0.25) is 5.02 Å². The first-order chi connectivity index (χ1) is 9.06. The smallest absolute Gasteiger partial charge is 0.125 e. The number of nitrogens with one attached hydrogen (secondary N) is 1. The fourth-order valence-corrected chi connectivity index (χ4v) is 2.54. The van der Waals surface area contributed by atoms with Crippen LogP contribution in [0.15, 0.2) is 28.7 Å². The summed E-state index contributed by atoms with van der Waals surface area (Å²) in [6, 6.07) is 8.18. The molecule has 0 aliphatic heterocycles. The van der Waals surface area contributed by atoms with Crippen molar-refractivity contribution in [2.45, 2.75) is 33.2 Å². The number of benzene rings is 1. The summed E-state index contributed by atoms with van der Waals surface area (Å²) in [5, 5.41) is 4.06. The lowest BCUT2D eigenvalue weighted by molar-refractivity contribution is 0.434. The minimum Gasteiger partial charge on any atom is -0.464 e. The summed E-state index contributed by atoms with van der Waals surface area (Å²) in [6.07, 6.45) is 0.900. The molecule has 0 aliphatic rings. The van der Waals surface area contributed by atoms with Gasteiger partial charge < -0.3 is 9.73 Å². The summed E-state index contributed by atoms with van der Waals surface area (Å²) in [7, 11) is 1.92. The summed E-state index contributed by atoms with van der Waals surface area (Å²) >= 11 is 6.38. The van der Waals surface area contributed by atoms with Crippen LogP contribution in [0, 0.1) is 13.8 Å². The highest BCUT2D eigenvalue weighted by molar-refractivity contribution is 6.31. The summed E-state index contributed by atoms with van der Waals surface area (Å²) < 4.78 is 5.84. The molecule has 1 N–H and O–H groups in total. The third-order valence-corrected chi connectivity index (χ3v) is 3.86. The van der Waals surface area contributed by atoms with Crippen LogP contribution in [0.25, 0.3) is 0 Å². The third-order valence-electron chi connectivity index (χ3n) is 3.53. The number of halogens is 1. The van der Waals surface area contributed by atoms with Crippen LogP contribution in [-0.4, -0.2) is 7.05 Å². The van der Waals surface area contributed by atoms with E-state index in [9.17, 15) is 0 Å². The van der Waals surface area contributed by atoms with Crippen molar-refractivity contribution in [1.29, 1.82) is 0 Å². The molecule has 2 rings (SSSR count). The Bertz CT molecular complexity index is 574. The van der Waals surface area contributed by atoms with Crippen LogP contribution in [0.1, 0.15) is 41.2 Å². The molecule has 0 fully saturated rings. The Morgan fingerprint density at radius 2 is 1.89 bits per heavy atom. The molecule has 0 spiro atoms. The van der Waals surface area contributed by atoms with Gasteiger partial charge in [0, 0.05) is 11.4 Å². The molecular weight excluding hydrogens is 258 g/mol. The van der Waals surface area contributed by atoms with Gasteiger partial charge in [-0.05, 0) is 55.8 Å². The molecule has 1 unspecified atom stereocenters. The van der Waals surface area contributed by atoms with Gasteiger partial charge in [0.15, 0.2) is 0 Å². The first-order valence-corrected chi connectivity index (χ1v) is 6.97. The highest BCUT2D eigenvalue weighted by Gasteiger charge is 2.19. The normalized spacial score (nSPS) is 12.7. The number of furan rings is 1. The second kappa shape index (κ2) is 5.81. The van der Waals surface area contributed by atoms with E-state index < -0.39 is 0 Å². The molecule has 0 bridgehead atoms. The molecule has 1 aromatic carbocycles. The first kappa shape index (κ1) is 14.2. The van der Waals surface area contributed by atoms with Gasteiger partial charge in [0.05, 0.1) is 6.04 Å². The number of rotatable bonds is 4. The Balaban J connectivity index is 2.44. The zero-order chi connectivity index (χ0) is 14.0. The van der Waals surface area contributed by atoms with Crippen molar-refractivity contribution in [2.24, 2.45) is 0 Å². The zero-order valence-corrected chi connectivity index (χ0v) is 12.6. The van der Waals surface area contributed by atoms with E-state index in [0.717, 1.165) is 28.5 Å². The van der Waals surface area contributed by atoms with Gasteiger partial charge in [-0.3, -0.25) is 0 Å². The fourth-order valence-electron chi connectivity index (χ4n) is 2.22. The molecule has 2 nitrogen and oxygen atoms in total. The molecule has 3 heteroatoms. The van der Waals surface area contributed by atoms with Crippen molar-refractivity contribution in [2.75, 3.05) is 7.05 Å². The molecule has 1 atom stereocenters. The molecule has 1 aromatic heterocycles. The molecule has 2 aromatic rings. The molecular formula is C16H20ClNO. The molecule has 0 saturated heterocycles. The maximum atomic E-state index is 6.38. The van der Waals surface area contributed by atoms with E-state index in [2.05, 4.69) is 32.2 Å². The van der Waals surface area contributed by atoms with Crippen molar-refractivity contribution >= 4 is 11.6 Å². The van der Waals surface area contributed by atoms with E-state index in [1.807, 2.05) is 25.2 Å². The number of hydrogen-bond donors (Lipinski definition) is 1. The van der Waals surface area contributed by atoms with Gasteiger partial charge in [0.25, 0.3) is 0 Å². The van der Waals surface area contributed by atoms with Gasteiger partial charge in [0.2, 0.25) is 0 Å². The Hall–Kier alpha value is -1.25. The Morgan fingerprint density at radius 3 is 2.47 bits per heavy atom. The van der Waals surface area contributed by atoms with Crippen molar-refractivity contribution in [1.82, 2.24) is 5.32 Å². The number of hydrogen-bond acceptors (Lipinski definition) is 2. The number of aryl methyl sites for hydroxylation is 3. The second-order valence-corrected chi connectivity index (χ2v) is 5.24. The van der Waals surface area contributed by atoms with E-state index in [1.165, 1.54) is 11.1 Å². The second-order valence-electron chi connectivity index (χ2n) is 4.84. The molecule has 102 valence electrons. The highest BCUT2D eigenvalue weighted by Crippen LogP contribution is 2.31. The topological polar surface area (TPSA) is 25.2 Å². The van der Waals surface area contributed by atoms with Crippen molar-refractivity contribution in [3.8, 4) is 0 Å². The van der Waals surface area contributed by atoms with Gasteiger partial charge in [-0.25, -0.2) is 0 Å². The summed E-state index contributed by atoms with van der Waals surface area (Å²) in [5.74, 6) is 1.90. The first-order valence-electron chi connectivity index (χ1n) is 6.59. The van der Waals surface area contributed by atoms with Crippen LogP contribution in [-0.2, 0) is 6.42 Å². The Morgan fingerprint density at radius 1 is 1.21 bits per heavy atom. The van der Waals surface area contributed by atoms with Crippen molar-refractivity contribution < 1.29 is 4.42 Å². The van der Waals surface area contributed by atoms with Gasteiger partial charge >= 0.3 is 0 Å². The predicted molar refractivity (Wildman–Crippen MR) is 79.9 cm³/mol. The van der Waals surface area contributed by atoms with E-state index in [-0.39, 0.29) is 6.04 Å². The largest absolute Gasteiger partial charge is 0.464 e. The minimum absolute atomic E-state index is 0.00731. The molecule has 0 amide bonds. The molecule has 0 saturated carbocycles. The average Bonchev–Trinajstić information content (AvgIpc) is 2.85. The lowest BCUT2D eigenvalue weighted by atomic mass is 9.99. The predicted octanol–water partition coefficient (Wildman–Crippen LogP) is 4.42. The molecule has 0 aliphatic carbocycles. The fraction of sp³-hybridized carbons (Fsp3) is 0.375. The molecule has 0 radical (unpaired) electrons. The van der Waals surface area contributed by atoms with Crippen LogP contribution < -0.4 is 5.32 Å². The van der Waals surface area contributed by atoms with E-state index in [4.69, 9.17) is 16.0 Å². The minimum atomic E-state index is -0.00731. The zero-order valence-electron chi connectivity index (χ0n) is 11.9. The summed E-state index contributed by atoms with van der Waals surface area (Å²) in [5.41, 5.74) is 3.50. The maximum Gasteiger partial charge on any atom is 0.125 e. The van der Waals surface area contributed by atoms with Gasteiger partial charge in [0.1, 0.15) is 11.5 Å². The summed E-state index contributed by atoms with van der Waals surface area (Å²) in [6.45, 7) is 6.25. The quantitative estimate of drug-likeness (QED) is 0.895. The summed E-state index contributed by atoms with van der Waals surface area (Å²) in [4.78, 5) is 0. The van der Waals surface area contributed by atoms with Crippen LogP contribution in [0.4, 0.5) is 0 Å². The lowest BCUT2D eigenvalue weighted by Crippen LogP contribution is -2.17. The Kier molecular flexibility index (Phi) is 4.33. The van der Waals surface area contributed by atoms with Crippen LogP contribution >= 0.6 is 11.6 Å². The average molecular weight is 278 g/mol. The standard InChI is InChI=1S/C16H20ClNO/c1-5-12-6-7-15(19-12)16(18-4)13-8-10(2)11(3)9-14(13)17/h6-9,16,18H,5H2,1-4H3. The van der Waals surface area contributed by atoms with Crippen LogP contribution in [0.5, 0.6) is 0 Å². The van der Waals surface area contributed by atoms with Gasteiger partial charge in [-0.2, -0.15) is 0 Å². The van der Waals surface area contributed by atoms with Gasteiger partial charge in [-0.15, -0.1) is 0 Å². The van der Waals surface area contributed by atoms with E-state index in [0.29, 0.717) is 0 Å². The lowest BCUT2D eigenvalue weighted by Gasteiger charge is -2.17. The highest BCUT2D eigenvalue weighted by atomic mass is 35.5. The molecule has 19 heavy (non-hydrogen) atoms. The van der Waals surface area contributed by atoms with E-state index >= 15 is 0 Å². The van der Waals surface area contributed by atoms with E-state index in [1.54, 1.807) is 0 Å². The monoisotopic (exact) mass is 277 g/mol.